The van der Waals surface area contributed by atoms with E-state index in [1.807, 2.05) is 0 Å². The van der Waals surface area contributed by atoms with Gasteiger partial charge in [0.05, 0.1) is 0 Å². The van der Waals surface area contributed by atoms with Crippen LogP contribution in [0.25, 0.3) is 0 Å². The van der Waals surface area contributed by atoms with Crippen molar-refractivity contribution >= 4 is 0 Å². The molecule has 2 aliphatic rings. The van der Waals surface area contributed by atoms with E-state index in [0.717, 1.165) is 12.1 Å². The molecule has 2 atom stereocenters. The Balaban J connectivity index is 2.07. The number of fused-ring (bicyclic) bond motifs is 2. The second-order valence-corrected chi connectivity index (χ2v) is 4.10. The maximum absolute atomic E-state index is 2.59. The van der Waals surface area contributed by atoms with E-state index in [1.54, 1.807) is 0 Å². The van der Waals surface area contributed by atoms with Gasteiger partial charge in [0.1, 0.15) is 0 Å². The molecule has 2 heterocycles. The third kappa shape index (κ3) is 1.30. The maximum Gasteiger partial charge on any atom is 0.0223 e. The van der Waals surface area contributed by atoms with Gasteiger partial charge in [-0.3, -0.25) is 4.90 Å². The van der Waals surface area contributed by atoms with Gasteiger partial charge >= 0.3 is 0 Å². The number of rotatable bonds is 0. The van der Waals surface area contributed by atoms with E-state index in [1.165, 1.54) is 32.4 Å². The number of likely N-dealkylation sites (tertiary alicyclic amines) is 1. The highest BCUT2D eigenvalue weighted by Crippen LogP contribution is 2.27. The quantitative estimate of drug-likeness (QED) is 0.509. The first-order chi connectivity index (χ1) is 5.27. The zero-order valence-corrected chi connectivity index (χ0v) is 7.58. The third-order valence-electron chi connectivity index (χ3n) is 3.35. The molecule has 0 radical (unpaired) electrons. The summed E-state index contributed by atoms with van der Waals surface area (Å²) in [5.41, 5.74) is 0. The summed E-state index contributed by atoms with van der Waals surface area (Å²) in [6.07, 6.45) is 4.24. The van der Waals surface area contributed by atoms with Gasteiger partial charge in [0, 0.05) is 18.6 Å². The van der Waals surface area contributed by atoms with Crippen molar-refractivity contribution in [3.8, 4) is 0 Å². The van der Waals surface area contributed by atoms with E-state index in [-0.39, 0.29) is 0 Å². The highest BCUT2D eigenvalue weighted by Gasteiger charge is 2.33. The molecule has 1 unspecified atom stereocenters. The van der Waals surface area contributed by atoms with Crippen LogP contribution in [0.4, 0.5) is 0 Å². The Kier molecular flexibility index (Phi) is 1.90. The van der Waals surface area contributed by atoms with Crippen molar-refractivity contribution in [1.29, 1.82) is 0 Å². The molecule has 2 aliphatic heterocycles. The van der Waals surface area contributed by atoms with Crippen molar-refractivity contribution in [3.05, 3.63) is 0 Å². The van der Waals surface area contributed by atoms with Crippen LogP contribution in [0.3, 0.4) is 0 Å². The molecule has 0 amide bonds. The molecule has 0 aromatic heterocycles. The molecule has 11 heavy (non-hydrogen) atoms. The lowest BCUT2D eigenvalue weighted by molar-refractivity contribution is 0.236. The van der Waals surface area contributed by atoms with Crippen molar-refractivity contribution < 1.29 is 0 Å². The van der Waals surface area contributed by atoms with Crippen LogP contribution >= 0.6 is 0 Å². The van der Waals surface area contributed by atoms with Crippen LogP contribution in [-0.4, -0.2) is 49.1 Å². The van der Waals surface area contributed by atoms with Crippen LogP contribution in [0.5, 0.6) is 0 Å². The first-order valence-corrected chi connectivity index (χ1v) is 4.68. The van der Waals surface area contributed by atoms with Gasteiger partial charge in [-0.2, -0.15) is 0 Å². The van der Waals surface area contributed by atoms with Crippen LogP contribution < -0.4 is 0 Å². The summed E-state index contributed by atoms with van der Waals surface area (Å²) in [4.78, 5) is 5.06. The lowest BCUT2D eigenvalue weighted by Gasteiger charge is -2.22. The Labute approximate surface area is 69.2 Å². The molecular weight excluding hydrogens is 136 g/mol. The van der Waals surface area contributed by atoms with Gasteiger partial charge < -0.3 is 4.90 Å². The minimum absolute atomic E-state index is 0.854. The van der Waals surface area contributed by atoms with Gasteiger partial charge in [0.15, 0.2) is 0 Å². The zero-order chi connectivity index (χ0) is 7.84. The van der Waals surface area contributed by atoms with Crippen LogP contribution in [0.15, 0.2) is 0 Å². The SMILES string of the molecule is CN1CCC2CC[C@@H](C1)N2C. The van der Waals surface area contributed by atoms with Crippen LogP contribution in [0, 0.1) is 0 Å². The van der Waals surface area contributed by atoms with E-state index in [0.29, 0.717) is 0 Å². The Morgan fingerprint density at radius 1 is 1.00 bits per heavy atom. The van der Waals surface area contributed by atoms with Crippen LogP contribution in [0.1, 0.15) is 19.3 Å². The highest BCUT2D eigenvalue weighted by atomic mass is 15.3. The Morgan fingerprint density at radius 3 is 2.55 bits per heavy atom. The summed E-state index contributed by atoms with van der Waals surface area (Å²) < 4.78 is 0. The zero-order valence-electron chi connectivity index (χ0n) is 7.58. The molecular formula is C9H18N2. The van der Waals surface area contributed by atoms with Crippen LogP contribution in [-0.2, 0) is 0 Å². The fraction of sp³-hybridized carbons (Fsp3) is 1.00. The standard InChI is InChI=1S/C9H18N2/c1-10-6-5-8-3-4-9(7-10)11(8)2/h8-9H,3-7H2,1-2H3/t8?,9-/m0/s1. The average Bonchev–Trinajstić information content (AvgIpc) is 2.20. The normalized spacial score (nSPS) is 40.9. The first-order valence-electron chi connectivity index (χ1n) is 4.68. The number of likely N-dealkylation sites (N-methyl/N-ethyl adjacent to an activating group) is 2. The molecule has 64 valence electrons. The van der Waals surface area contributed by atoms with Gasteiger partial charge in [0.25, 0.3) is 0 Å². The summed E-state index contributed by atoms with van der Waals surface area (Å²) in [6, 6.07) is 1.75. The van der Waals surface area contributed by atoms with Crippen LogP contribution in [0.2, 0.25) is 0 Å². The molecule has 2 bridgehead atoms. The molecule has 0 aromatic rings. The number of nitrogens with zero attached hydrogens (tertiary/aromatic N) is 2. The molecule has 2 heteroatoms. The van der Waals surface area contributed by atoms with Crippen molar-refractivity contribution in [3.63, 3.8) is 0 Å². The second-order valence-electron chi connectivity index (χ2n) is 4.10. The monoisotopic (exact) mass is 154 g/mol. The van der Waals surface area contributed by atoms with Gasteiger partial charge in [-0.25, -0.2) is 0 Å². The summed E-state index contributed by atoms with van der Waals surface area (Å²) in [5, 5.41) is 0. The van der Waals surface area contributed by atoms with E-state index < -0.39 is 0 Å². The van der Waals surface area contributed by atoms with Gasteiger partial charge in [-0.05, 0) is 39.9 Å². The van der Waals surface area contributed by atoms with Crippen molar-refractivity contribution in [2.75, 3.05) is 27.2 Å². The van der Waals surface area contributed by atoms with E-state index in [2.05, 4.69) is 23.9 Å². The predicted molar refractivity (Wildman–Crippen MR) is 46.7 cm³/mol. The molecule has 0 saturated carbocycles. The molecule has 0 aromatic carbocycles. The van der Waals surface area contributed by atoms with E-state index >= 15 is 0 Å². The van der Waals surface area contributed by atoms with Crippen molar-refractivity contribution in [1.82, 2.24) is 9.80 Å². The van der Waals surface area contributed by atoms with Gasteiger partial charge in [-0.15, -0.1) is 0 Å². The summed E-state index contributed by atoms with van der Waals surface area (Å²) in [6.45, 7) is 2.58. The van der Waals surface area contributed by atoms with E-state index in [4.69, 9.17) is 0 Å². The molecule has 2 saturated heterocycles. The van der Waals surface area contributed by atoms with Gasteiger partial charge in [-0.1, -0.05) is 0 Å². The lowest BCUT2D eigenvalue weighted by Crippen LogP contribution is -2.35. The summed E-state index contributed by atoms with van der Waals surface area (Å²) in [7, 11) is 4.54. The summed E-state index contributed by atoms with van der Waals surface area (Å²) >= 11 is 0. The number of hydrogen-bond donors (Lipinski definition) is 0. The number of hydrogen-bond acceptors (Lipinski definition) is 2. The second kappa shape index (κ2) is 2.76. The largest absolute Gasteiger partial charge is 0.305 e. The Morgan fingerprint density at radius 2 is 1.73 bits per heavy atom. The smallest absolute Gasteiger partial charge is 0.0223 e. The highest BCUT2D eigenvalue weighted by molar-refractivity contribution is 4.90. The lowest BCUT2D eigenvalue weighted by atomic mass is 10.1. The van der Waals surface area contributed by atoms with E-state index in [9.17, 15) is 0 Å². The summed E-state index contributed by atoms with van der Waals surface area (Å²) in [5.74, 6) is 0. The fourth-order valence-corrected chi connectivity index (χ4v) is 2.48. The third-order valence-corrected chi connectivity index (χ3v) is 3.35. The Hall–Kier alpha value is -0.0800. The average molecular weight is 154 g/mol. The van der Waals surface area contributed by atoms with Crippen molar-refractivity contribution in [2.45, 2.75) is 31.3 Å². The maximum atomic E-state index is 2.59. The van der Waals surface area contributed by atoms with Crippen molar-refractivity contribution in [2.24, 2.45) is 0 Å². The Bertz CT molecular complexity index is 146. The minimum Gasteiger partial charge on any atom is -0.305 e. The molecule has 0 N–H and O–H groups in total. The molecule has 2 nitrogen and oxygen atoms in total. The molecule has 0 spiro atoms. The fourth-order valence-electron chi connectivity index (χ4n) is 2.48. The predicted octanol–water partition coefficient (Wildman–Crippen LogP) is 0.785. The molecule has 2 rings (SSSR count). The molecule has 2 fully saturated rings. The van der Waals surface area contributed by atoms with Gasteiger partial charge in [0.2, 0.25) is 0 Å². The molecule has 0 aliphatic carbocycles. The minimum atomic E-state index is 0.854. The first kappa shape index (κ1) is 7.56. The topological polar surface area (TPSA) is 6.48 Å².